The summed E-state index contributed by atoms with van der Waals surface area (Å²) in [6, 6.07) is -3.18. The van der Waals surface area contributed by atoms with Crippen molar-refractivity contribution in [3.8, 4) is 0 Å². The second-order valence-corrected chi connectivity index (χ2v) is 26.8. The maximum Gasteiger partial charge on any atom is 0.303 e. The molecule has 4 amide bonds. The van der Waals surface area contributed by atoms with Crippen LogP contribution in [0, 0.1) is 0 Å². The molecule has 0 spiro atoms. The van der Waals surface area contributed by atoms with Gasteiger partial charge < -0.3 is 158 Å². The molecule has 46 nitrogen and oxygen atoms in total. The van der Waals surface area contributed by atoms with Crippen LogP contribution in [0.5, 0.6) is 0 Å². The number of nitrogens with two attached hydrogens (primary N) is 1. The van der Waals surface area contributed by atoms with E-state index in [0.29, 0.717) is 49.7 Å². The Kier molecular flexibility index (Phi) is 47.7. The van der Waals surface area contributed by atoms with Gasteiger partial charge in [0.1, 0.15) is 89.6 Å². The van der Waals surface area contributed by atoms with Crippen molar-refractivity contribution in [1.29, 1.82) is 0 Å². The highest BCUT2D eigenvalue weighted by molar-refractivity contribution is 5.77. The molecule has 3 saturated heterocycles. The molecule has 0 bridgehead atoms. The maximum absolute atomic E-state index is 13.9. The van der Waals surface area contributed by atoms with E-state index in [0.717, 1.165) is 19.8 Å². The first-order chi connectivity index (χ1) is 55.7. The zero-order valence-electron chi connectivity index (χ0n) is 65.7. The lowest BCUT2D eigenvalue weighted by atomic mass is 9.96. The first-order valence-electron chi connectivity index (χ1n) is 38.3. The summed E-state index contributed by atoms with van der Waals surface area (Å²) in [6.07, 6.45) is -7.75. The molecule has 14 N–H and O–H groups in total. The molecule has 115 heavy (non-hydrogen) atoms. The van der Waals surface area contributed by atoms with Crippen molar-refractivity contribution in [3.63, 3.8) is 0 Å². The molecule has 3 aliphatic heterocycles. The largest absolute Gasteiger partial charge is 0.457 e. The number of aromatic nitrogens is 9. The van der Waals surface area contributed by atoms with Gasteiger partial charge in [0.2, 0.25) is 23.6 Å². The third-order valence-electron chi connectivity index (χ3n) is 17.3. The maximum atomic E-state index is 13.9. The third-order valence-corrected chi connectivity index (χ3v) is 17.3. The van der Waals surface area contributed by atoms with Gasteiger partial charge in [-0.25, -0.2) is 14.0 Å². The number of hydrogen-bond donors (Lipinski definition) is 13. The van der Waals surface area contributed by atoms with E-state index in [2.05, 4.69) is 52.2 Å². The number of esters is 1. The Balaban J connectivity index is 0.928. The first-order valence-corrected chi connectivity index (χ1v) is 38.3. The van der Waals surface area contributed by atoms with Crippen LogP contribution in [0.15, 0.2) is 18.6 Å². The first kappa shape index (κ1) is 97.5. The van der Waals surface area contributed by atoms with Gasteiger partial charge in [0.25, 0.3) is 0 Å². The highest BCUT2D eigenvalue weighted by atomic mass is 16.7. The summed E-state index contributed by atoms with van der Waals surface area (Å²) in [5, 5.41) is 117. The number of ether oxygens (including phenoxy) is 19. The number of rotatable bonds is 64. The molecular weight excluding hydrogens is 1540 g/mol. The lowest BCUT2D eigenvalue weighted by Crippen LogP contribution is -2.65. The van der Waals surface area contributed by atoms with Crippen LogP contribution >= 0.6 is 0 Å². The highest BCUT2D eigenvalue weighted by Gasteiger charge is 2.49. The number of hydrogen-bond acceptors (Lipinski definition) is 39. The van der Waals surface area contributed by atoms with Gasteiger partial charge in [-0.3, -0.25) is 24.0 Å². The third kappa shape index (κ3) is 37.3. The fraction of sp³-hybridized carbons (Fsp3) is 0.841. The zero-order valence-corrected chi connectivity index (χ0v) is 65.7. The van der Waals surface area contributed by atoms with Crippen LogP contribution in [0.4, 0.5) is 0 Å². The minimum absolute atomic E-state index is 0.00277. The van der Waals surface area contributed by atoms with E-state index in [1.165, 1.54) is 20.8 Å². The standard InChI is InChI=1S/C69H120N14O32/c1-46(87)71-57-63(95)60(92)53(37-84)113-66(57)109-31-28-103-25-22-100-19-16-97-13-10-81-34-50(75-78-81)40-106-43-69(74-56(91)8-6-5-7-9-70,44-107-41-51-35-82(79-76-51)11-14-98-17-20-101-23-26-104-29-32-110-67-58(72-47(2)88)64(96)61(93)54(38-85)114-67)45-108-42-52-36-83(80-77-52)12-15-99-18-21-102-24-27-105-30-33-111-68-59(73-48(3)89)65(112-49(4)90)62(94)55(39-86)115-68/h34-36,53-55,57-68,84-86,92-96H,5-33,37-45,70H2,1-4H3,(H,71,87)(H,72,88)(H,73,89)(H,74,91)/t53-,54-,55-,57-,58-,59-,60+,61+,62+,63-,64-,65-,66-,67-,68-/m1/s1. The van der Waals surface area contributed by atoms with Crippen LogP contribution in [-0.4, -0.2) is 398 Å². The number of aliphatic hydroxyl groups excluding tert-OH is 8. The van der Waals surface area contributed by atoms with Crippen LogP contribution in [0.2, 0.25) is 0 Å². The molecule has 658 valence electrons. The van der Waals surface area contributed by atoms with Gasteiger partial charge in [0, 0.05) is 34.1 Å². The van der Waals surface area contributed by atoms with Gasteiger partial charge >= 0.3 is 5.97 Å². The predicted octanol–water partition coefficient (Wildman–Crippen LogP) is -7.61. The van der Waals surface area contributed by atoms with Crippen molar-refractivity contribution in [2.24, 2.45) is 5.73 Å². The van der Waals surface area contributed by atoms with Crippen molar-refractivity contribution >= 4 is 29.6 Å². The molecular formula is C69H120N14O32. The van der Waals surface area contributed by atoms with Gasteiger partial charge in [0.15, 0.2) is 25.0 Å². The van der Waals surface area contributed by atoms with E-state index in [1.807, 2.05) is 0 Å². The van der Waals surface area contributed by atoms with E-state index >= 15 is 0 Å². The minimum Gasteiger partial charge on any atom is -0.457 e. The Bertz CT molecular complexity index is 3020. The molecule has 15 atom stereocenters. The summed E-state index contributed by atoms with van der Waals surface area (Å²) in [6.45, 7) is 8.66. The van der Waals surface area contributed by atoms with Crippen molar-refractivity contribution in [2.75, 3.05) is 185 Å². The molecule has 46 heteroatoms. The summed E-state index contributed by atoms with van der Waals surface area (Å²) in [4.78, 5) is 61.0. The fourth-order valence-corrected chi connectivity index (χ4v) is 11.7. The number of aliphatic hydroxyl groups is 8. The predicted molar refractivity (Wildman–Crippen MR) is 388 cm³/mol. The van der Waals surface area contributed by atoms with E-state index in [-0.39, 0.29) is 191 Å². The van der Waals surface area contributed by atoms with Crippen LogP contribution in [0.3, 0.4) is 0 Å². The average Bonchev–Trinajstić information content (AvgIpc) is 1.44. The number of carbonyl (C=O) groups excluding carboxylic acids is 5. The molecule has 3 fully saturated rings. The summed E-state index contributed by atoms with van der Waals surface area (Å²) < 4.78 is 114. The van der Waals surface area contributed by atoms with E-state index < -0.39 is 141 Å². The molecule has 6 rings (SSSR count). The Morgan fingerprint density at radius 2 is 0.730 bits per heavy atom. The lowest BCUT2D eigenvalue weighted by Gasteiger charge is -2.43. The smallest absolute Gasteiger partial charge is 0.303 e. The Morgan fingerprint density at radius 3 is 1.05 bits per heavy atom. The van der Waals surface area contributed by atoms with Gasteiger partial charge in [0.05, 0.1) is 236 Å². The average molecular weight is 1660 g/mol. The Morgan fingerprint density at radius 1 is 0.417 bits per heavy atom. The van der Waals surface area contributed by atoms with E-state index in [1.54, 1.807) is 32.6 Å². The topological polar surface area (TPSA) is 589 Å². The molecule has 3 aliphatic rings. The fourth-order valence-electron chi connectivity index (χ4n) is 11.7. The van der Waals surface area contributed by atoms with E-state index in [4.69, 9.17) is 95.7 Å². The highest BCUT2D eigenvalue weighted by Crippen LogP contribution is 2.27. The number of nitrogens with one attached hydrogen (secondary N) is 4. The van der Waals surface area contributed by atoms with Crippen molar-refractivity contribution in [3.05, 3.63) is 35.7 Å². The summed E-state index contributed by atoms with van der Waals surface area (Å²) in [5.41, 5.74) is 5.94. The molecule has 0 saturated carbocycles. The molecule has 0 aromatic carbocycles. The van der Waals surface area contributed by atoms with Gasteiger partial charge in [-0.05, 0) is 19.4 Å². The molecule has 0 radical (unpaired) electrons. The van der Waals surface area contributed by atoms with Crippen LogP contribution in [0.1, 0.15) is 70.5 Å². The van der Waals surface area contributed by atoms with Crippen molar-refractivity contribution in [2.45, 2.75) is 190 Å². The molecule has 0 unspecified atom stereocenters. The minimum atomic E-state index is -1.43. The SMILES string of the molecule is CC(=O)N[C@H]1[C@H](OCCOCCOCCOCCn2cc(COCC(COCc3cn(CCOCCOCCOCCO[C@@H]4O[C@H](CO)[C@H](O)[C@H](O)[C@H]4NC(C)=O)nn3)(COCc3cn(CCOCCOCCOCCO[C@@H]4O[C@H](CO)[C@H](O)[C@H](OC(C)=O)[C@H]4NC(C)=O)nn3)NC(=O)CCCCCN)nn2)O[C@H](CO)[C@H](O)[C@@H]1O. The second-order valence-electron chi connectivity index (χ2n) is 26.8. The lowest BCUT2D eigenvalue weighted by molar-refractivity contribution is -0.275. The summed E-state index contributed by atoms with van der Waals surface area (Å²) >= 11 is 0. The number of nitrogens with zero attached hydrogens (tertiary/aromatic N) is 9. The van der Waals surface area contributed by atoms with Gasteiger partial charge in [-0.2, -0.15) is 0 Å². The van der Waals surface area contributed by atoms with Gasteiger partial charge in [-0.15, -0.1) is 15.3 Å². The Labute approximate surface area is 665 Å². The number of unbranched alkanes of at least 4 members (excludes halogenated alkanes) is 2. The molecule has 3 aromatic heterocycles. The molecule has 6 heterocycles. The van der Waals surface area contributed by atoms with Crippen LogP contribution in [-0.2, 0) is 153 Å². The molecule has 3 aromatic rings. The number of amides is 4. The quantitative estimate of drug-likeness (QED) is 0.0184. The summed E-state index contributed by atoms with van der Waals surface area (Å²) in [7, 11) is 0. The number of carbonyl (C=O) groups is 5. The summed E-state index contributed by atoms with van der Waals surface area (Å²) in [5.74, 6) is -2.38. The zero-order chi connectivity index (χ0) is 83.0. The molecule has 0 aliphatic carbocycles. The monoisotopic (exact) mass is 1660 g/mol. The van der Waals surface area contributed by atoms with Crippen molar-refractivity contribution < 1.29 is 155 Å². The van der Waals surface area contributed by atoms with Crippen LogP contribution < -0.4 is 27.0 Å². The Hall–Kier alpha value is -6.31. The van der Waals surface area contributed by atoms with Crippen LogP contribution in [0.25, 0.3) is 0 Å². The van der Waals surface area contributed by atoms with Gasteiger partial charge in [-0.1, -0.05) is 22.1 Å². The van der Waals surface area contributed by atoms with Crippen molar-refractivity contribution in [1.82, 2.24) is 66.2 Å². The van der Waals surface area contributed by atoms with E-state index in [9.17, 15) is 64.8 Å². The normalized spacial score (nSPS) is 23.8. The second kappa shape index (κ2) is 56.2.